The van der Waals surface area contributed by atoms with Crippen LogP contribution >= 0.6 is 0 Å². The molecule has 0 unspecified atom stereocenters. The zero-order valence-corrected chi connectivity index (χ0v) is 8.16. The molecule has 0 fully saturated rings. The smallest absolute Gasteiger partial charge is 0.303 e. The summed E-state index contributed by atoms with van der Waals surface area (Å²) in [5.74, 6) is -0.777. The number of nitriles is 1. The van der Waals surface area contributed by atoms with Crippen molar-refractivity contribution < 1.29 is 9.90 Å². The van der Waals surface area contributed by atoms with Crippen LogP contribution in [0.3, 0.4) is 0 Å². The van der Waals surface area contributed by atoms with Crippen molar-refractivity contribution >= 4 is 5.97 Å². The third-order valence-corrected chi connectivity index (χ3v) is 1.84. The van der Waals surface area contributed by atoms with Gasteiger partial charge in [0.2, 0.25) is 0 Å². The largest absolute Gasteiger partial charge is 0.481 e. The first-order chi connectivity index (χ1) is 6.07. The Kier molecular flexibility index (Phi) is 5.90. The van der Waals surface area contributed by atoms with Crippen LogP contribution in [-0.4, -0.2) is 35.1 Å². The first-order valence-corrected chi connectivity index (χ1v) is 4.40. The Bertz CT molecular complexity index is 196. The van der Waals surface area contributed by atoms with Crippen molar-refractivity contribution in [2.24, 2.45) is 0 Å². The van der Waals surface area contributed by atoms with Crippen LogP contribution in [0.2, 0.25) is 0 Å². The molecule has 0 bridgehead atoms. The first kappa shape index (κ1) is 11.9. The van der Waals surface area contributed by atoms with E-state index in [1.807, 2.05) is 18.7 Å². The van der Waals surface area contributed by atoms with Gasteiger partial charge in [-0.1, -0.05) is 0 Å². The molecule has 0 atom stereocenters. The van der Waals surface area contributed by atoms with Crippen LogP contribution in [0.4, 0.5) is 0 Å². The van der Waals surface area contributed by atoms with Crippen molar-refractivity contribution in [2.75, 3.05) is 13.1 Å². The molecule has 0 aliphatic carbocycles. The minimum absolute atomic E-state index is 0.175. The topological polar surface area (TPSA) is 64.3 Å². The highest BCUT2D eigenvalue weighted by molar-refractivity contribution is 5.66. The summed E-state index contributed by atoms with van der Waals surface area (Å²) in [6.07, 6.45) is 0.782. The predicted molar refractivity (Wildman–Crippen MR) is 49.2 cm³/mol. The van der Waals surface area contributed by atoms with Crippen LogP contribution < -0.4 is 0 Å². The van der Waals surface area contributed by atoms with Crippen molar-refractivity contribution in [1.29, 1.82) is 5.26 Å². The molecule has 0 aromatic heterocycles. The summed E-state index contributed by atoms with van der Waals surface area (Å²) in [6, 6.07) is 2.37. The SMILES string of the molecule is CC(C)N(CC#N)CCCC(=O)O. The highest BCUT2D eigenvalue weighted by atomic mass is 16.4. The molecule has 0 heterocycles. The van der Waals surface area contributed by atoms with E-state index in [1.54, 1.807) is 0 Å². The van der Waals surface area contributed by atoms with Gasteiger partial charge in [-0.2, -0.15) is 5.26 Å². The van der Waals surface area contributed by atoms with Crippen LogP contribution in [0.5, 0.6) is 0 Å². The van der Waals surface area contributed by atoms with Crippen LogP contribution in [0, 0.1) is 11.3 Å². The Morgan fingerprint density at radius 3 is 2.62 bits per heavy atom. The molecule has 0 saturated heterocycles. The fourth-order valence-corrected chi connectivity index (χ4v) is 1.04. The minimum atomic E-state index is -0.777. The molecule has 0 amide bonds. The molecular formula is C9H16N2O2. The van der Waals surface area contributed by atoms with Crippen LogP contribution in [0.1, 0.15) is 26.7 Å². The Labute approximate surface area is 78.8 Å². The maximum atomic E-state index is 10.2. The Balaban J connectivity index is 3.70. The van der Waals surface area contributed by atoms with Crippen LogP contribution in [-0.2, 0) is 4.79 Å². The summed E-state index contributed by atoms with van der Waals surface area (Å²) in [6.45, 7) is 5.05. The van der Waals surface area contributed by atoms with Crippen molar-refractivity contribution in [2.45, 2.75) is 32.7 Å². The molecule has 4 nitrogen and oxygen atoms in total. The van der Waals surface area contributed by atoms with Gasteiger partial charge in [0.15, 0.2) is 0 Å². The fraction of sp³-hybridized carbons (Fsp3) is 0.778. The molecular weight excluding hydrogens is 168 g/mol. The summed E-state index contributed by atoms with van der Waals surface area (Å²) in [4.78, 5) is 12.2. The maximum Gasteiger partial charge on any atom is 0.303 e. The Morgan fingerprint density at radius 1 is 1.62 bits per heavy atom. The molecule has 13 heavy (non-hydrogen) atoms. The zero-order valence-electron chi connectivity index (χ0n) is 8.16. The third-order valence-electron chi connectivity index (χ3n) is 1.84. The van der Waals surface area contributed by atoms with Crippen molar-refractivity contribution in [1.82, 2.24) is 4.90 Å². The molecule has 74 valence electrons. The molecule has 4 heteroatoms. The van der Waals surface area contributed by atoms with Gasteiger partial charge < -0.3 is 5.11 Å². The molecule has 0 saturated carbocycles. The molecule has 0 radical (unpaired) electrons. The van der Waals surface area contributed by atoms with E-state index in [4.69, 9.17) is 10.4 Å². The average molecular weight is 184 g/mol. The number of rotatable bonds is 6. The van der Waals surface area contributed by atoms with Gasteiger partial charge in [-0.3, -0.25) is 9.69 Å². The zero-order chi connectivity index (χ0) is 10.3. The van der Waals surface area contributed by atoms with Gasteiger partial charge in [-0.25, -0.2) is 0 Å². The standard InChI is InChI=1S/C9H16N2O2/c1-8(2)11(7-5-10)6-3-4-9(12)13/h8H,3-4,6-7H2,1-2H3,(H,12,13). The van der Waals surface area contributed by atoms with Crippen molar-refractivity contribution in [3.63, 3.8) is 0 Å². The minimum Gasteiger partial charge on any atom is -0.481 e. The van der Waals surface area contributed by atoms with Gasteiger partial charge in [0.05, 0.1) is 12.6 Å². The fourth-order valence-electron chi connectivity index (χ4n) is 1.04. The van der Waals surface area contributed by atoms with E-state index >= 15 is 0 Å². The molecule has 0 aliphatic heterocycles. The van der Waals surface area contributed by atoms with Gasteiger partial charge in [0, 0.05) is 12.5 Å². The lowest BCUT2D eigenvalue weighted by Gasteiger charge is -2.22. The second-order valence-electron chi connectivity index (χ2n) is 3.22. The highest BCUT2D eigenvalue weighted by Crippen LogP contribution is 2.00. The second-order valence-corrected chi connectivity index (χ2v) is 3.22. The van der Waals surface area contributed by atoms with Crippen molar-refractivity contribution in [3.8, 4) is 6.07 Å². The maximum absolute atomic E-state index is 10.2. The van der Waals surface area contributed by atoms with Gasteiger partial charge in [0.25, 0.3) is 0 Å². The lowest BCUT2D eigenvalue weighted by molar-refractivity contribution is -0.137. The first-order valence-electron chi connectivity index (χ1n) is 4.40. The number of hydrogen-bond acceptors (Lipinski definition) is 3. The summed E-state index contributed by atoms with van der Waals surface area (Å²) < 4.78 is 0. The van der Waals surface area contributed by atoms with Crippen molar-refractivity contribution in [3.05, 3.63) is 0 Å². The van der Waals surface area contributed by atoms with E-state index in [0.29, 0.717) is 25.6 Å². The number of carboxylic acids is 1. The van der Waals surface area contributed by atoms with Crippen LogP contribution in [0.15, 0.2) is 0 Å². The van der Waals surface area contributed by atoms with Crippen LogP contribution in [0.25, 0.3) is 0 Å². The van der Waals surface area contributed by atoms with E-state index < -0.39 is 5.97 Å². The van der Waals surface area contributed by atoms with Gasteiger partial charge >= 0.3 is 5.97 Å². The molecule has 0 spiro atoms. The lowest BCUT2D eigenvalue weighted by atomic mass is 10.2. The van der Waals surface area contributed by atoms with Gasteiger partial charge in [-0.05, 0) is 26.8 Å². The predicted octanol–water partition coefficient (Wildman–Crippen LogP) is 1.09. The molecule has 1 N–H and O–H groups in total. The van der Waals surface area contributed by atoms with E-state index in [-0.39, 0.29) is 6.42 Å². The quantitative estimate of drug-likeness (QED) is 0.627. The van der Waals surface area contributed by atoms with E-state index in [1.165, 1.54) is 0 Å². The third kappa shape index (κ3) is 6.12. The normalized spacial score (nSPS) is 10.4. The lowest BCUT2D eigenvalue weighted by Crippen LogP contribution is -2.32. The number of hydrogen-bond donors (Lipinski definition) is 1. The second kappa shape index (κ2) is 6.44. The molecule has 0 rings (SSSR count). The number of carboxylic acid groups (broad SMARTS) is 1. The summed E-state index contributed by atoms with van der Waals surface area (Å²) in [7, 11) is 0. The van der Waals surface area contributed by atoms with Gasteiger partial charge in [0.1, 0.15) is 0 Å². The molecule has 0 aliphatic rings. The number of aliphatic carboxylic acids is 1. The number of nitrogens with zero attached hydrogens (tertiary/aromatic N) is 2. The monoisotopic (exact) mass is 184 g/mol. The molecule has 0 aromatic rings. The van der Waals surface area contributed by atoms with E-state index in [0.717, 1.165) is 0 Å². The number of carbonyl (C=O) groups is 1. The van der Waals surface area contributed by atoms with E-state index in [9.17, 15) is 4.79 Å². The summed E-state index contributed by atoms with van der Waals surface area (Å²) in [5, 5.41) is 16.9. The summed E-state index contributed by atoms with van der Waals surface area (Å²) >= 11 is 0. The Hall–Kier alpha value is -1.08. The average Bonchev–Trinajstić information content (AvgIpc) is 2.02. The summed E-state index contributed by atoms with van der Waals surface area (Å²) in [5.41, 5.74) is 0. The highest BCUT2D eigenvalue weighted by Gasteiger charge is 2.08. The van der Waals surface area contributed by atoms with E-state index in [2.05, 4.69) is 6.07 Å². The Morgan fingerprint density at radius 2 is 2.23 bits per heavy atom. The molecule has 0 aromatic carbocycles. The van der Waals surface area contributed by atoms with Gasteiger partial charge in [-0.15, -0.1) is 0 Å².